The van der Waals surface area contributed by atoms with E-state index in [-0.39, 0.29) is 66.1 Å². The molecule has 0 radical (unpaired) electrons. The number of carbonyl (C=O) groups is 3. The number of carbonyl (C=O) groups excluding carboxylic acids is 3. The van der Waals surface area contributed by atoms with E-state index in [9.17, 15) is 27.9 Å². The molecule has 0 fully saturated rings. The lowest BCUT2D eigenvalue weighted by Gasteiger charge is -2.38. The summed E-state index contributed by atoms with van der Waals surface area (Å²) in [6, 6.07) is 11.3. The van der Waals surface area contributed by atoms with Gasteiger partial charge in [0.1, 0.15) is 11.9 Å². The van der Waals surface area contributed by atoms with Crippen LogP contribution in [0.25, 0.3) is 0 Å². The summed E-state index contributed by atoms with van der Waals surface area (Å²) in [4.78, 5) is 44.3. The van der Waals surface area contributed by atoms with Crippen molar-refractivity contribution in [3.8, 4) is 5.75 Å². The minimum absolute atomic E-state index is 0.0183. The lowest BCUT2D eigenvalue weighted by atomic mass is 9.99. The Balaban J connectivity index is 1.40. The van der Waals surface area contributed by atoms with Crippen molar-refractivity contribution >= 4 is 44.8 Å². The number of sulfonamides is 1. The zero-order valence-electron chi connectivity index (χ0n) is 27.8. The van der Waals surface area contributed by atoms with Gasteiger partial charge in [-0.2, -0.15) is 4.31 Å². The Morgan fingerprint density at radius 1 is 1.12 bits per heavy atom. The Labute approximate surface area is 281 Å². The Morgan fingerprint density at radius 3 is 2.46 bits per heavy atom. The van der Waals surface area contributed by atoms with Gasteiger partial charge in [0.2, 0.25) is 11.8 Å². The number of hydrogen-bond acceptors (Lipinski definition) is 9. The number of anilines is 3. The predicted octanol–water partition coefficient (Wildman–Crippen LogP) is 3.07. The number of aromatic nitrogens is 2. The fourth-order valence-corrected chi connectivity index (χ4v) is 6.49. The molecule has 5 N–H and O–H groups in total. The maximum atomic E-state index is 13.7. The Kier molecular flexibility index (Phi) is 12.2. The van der Waals surface area contributed by atoms with E-state index in [1.54, 1.807) is 59.8 Å². The molecule has 4 rings (SSSR count). The van der Waals surface area contributed by atoms with E-state index in [4.69, 9.17) is 10.5 Å². The molecule has 14 nitrogen and oxygen atoms in total. The van der Waals surface area contributed by atoms with Crippen LogP contribution in [0.5, 0.6) is 5.75 Å². The molecule has 2 aromatic carbocycles. The van der Waals surface area contributed by atoms with Crippen molar-refractivity contribution < 1.29 is 32.6 Å². The number of nitrogen functional groups attached to an aromatic ring is 1. The highest BCUT2D eigenvalue weighted by molar-refractivity contribution is 7.89. The van der Waals surface area contributed by atoms with Crippen molar-refractivity contribution in [3.63, 3.8) is 0 Å². The van der Waals surface area contributed by atoms with E-state index in [2.05, 4.69) is 15.6 Å². The molecular weight excluding hydrogens is 638 g/mol. The number of unbranched alkanes of at least 4 members (excludes halogenated alkanes) is 2. The van der Waals surface area contributed by atoms with Gasteiger partial charge in [0.05, 0.1) is 42.5 Å². The van der Waals surface area contributed by atoms with Gasteiger partial charge in [0.15, 0.2) is 5.03 Å². The first kappa shape index (κ1) is 36.4. The molecule has 2 heterocycles. The lowest BCUT2D eigenvalue weighted by molar-refractivity contribution is -0.116. The number of para-hydroxylation sites is 2. The number of likely N-dealkylation sites (N-methyl/N-ethyl adjacent to an activating group) is 1. The summed E-state index contributed by atoms with van der Waals surface area (Å²) in [5.41, 5.74) is 7.52. The van der Waals surface area contributed by atoms with Gasteiger partial charge in [-0.3, -0.25) is 14.4 Å². The number of nitrogens with one attached hydrogen (secondary N) is 2. The second-order valence-corrected chi connectivity index (χ2v) is 14.2. The van der Waals surface area contributed by atoms with Gasteiger partial charge < -0.3 is 35.7 Å². The van der Waals surface area contributed by atoms with Crippen molar-refractivity contribution in [1.82, 2.24) is 18.8 Å². The highest BCUT2D eigenvalue weighted by Gasteiger charge is 2.35. The molecule has 0 spiro atoms. The van der Waals surface area contributed by atoms with Gasteiger partial charge in [-0.1, -0.05) is 25.5 Å². The van der Waals surface area contributed by atoms with E-state index < -0.39 is 22.2 Å². The zero-order valence-corrected chi connectivity index (χ0v) is 28.6. The second-order valence-electron chi connectivity index (χ2n) is 12.2. The Hall–Kier alpha value is -4.47. The molecule has 260 valence electrons. The first-order chi connectivity index (χ1) is 22.8. The topological polar surface area (TPSA) is 189 Å². The van der Waals surface area contributed by atoms with Crippen LogP contribution < -0.4 is 21.1 Å². The number of nitrogens with two attached hydrogens (primary N) is 1. The van der Waals surface area contributed by atoms with Gasteiger partial charge in [0.25, 0.3) is 15.9 Å². The average Bonchev–Trinajstić information content (AvgIpc) is 3.50. The van der Waals surface area contributed by atoms with Crippen LogP contribution in [-0.4, -0.2) is 88.9 Å². The number of aryl methyl sites for hydroxylation is 1. The summed E-state index contributed by atoms with van der Waals surface area (Å²) < 4.78 is 35.4. The number of amides is 3. The number of benzene rings is 2. The fourth-order valence-electron chi connectivity index (χ4n) is 5.35. The summed E-state index contributed by atoms with van der Waals surface area (Å²) >= 11 is 0. The second kappa shape index (κ2) is 16.1. The molecule has 1 aromatic heterocycles. The van der Waals surface area contributed by atoms with E-state index in [0.717, 1.165) is 0 Å². The number of rotatable bonds is 14. The summed E-state index contributed by atoms with van der Waals surface area (Å²) in [7, 11) is -0.773. The number of aliphatic hydroxyl groups excluding tert-OH is 1. The van der Waals surface area contributed by atoms with Gasteiger partial charge in [-0.15, -0.1) is 0 Å². The van der Waals surface area contributed by atoms with Gasteiger partial charge in [-0.05, 0) is 50.1 Å². The number of ether oxygens (including phenoxy) is 1. The molecular formula is C33H45N7O7S. The molecule has 0 aliphatic carbocycles. The van der Waals surface area contributed by atoms with Crippen LogP contribution in [0.3, 0.4) is 0 Å². The van der Waals surface area contributed by atoms with Crippen molar-refractivity contribution in [2.24, 2.45) is 13.0 Å². The van der Waals surface area contributed by atoms with E-state index in [1.807, 2.05) is 6.92 Å². The quantitative estimate of drug-likeness (QED) is 0.146. The maximum absolute atomic E-state index is 13.7. The van der Waals surface area contributed by atoms with Crippen LogP contribution in [0.15, 0.2) is 60.0 Å². The number of hydrogen-bond donors (Lipinski definition) is 4. The molecule has 15 heteroatoms. The minimum atomic E-state index is -3.91. The molecule has 0 bridgehead atoms. The van der Waals surface area contributed by atoms with Gasteiger partial charge in [-0.25, -0.2) is 13.4 Å². The van der Waals surface area contributed by atoms with Crippen LogP contribution >= 0.6 is 0 Å². The smallest absolute Gasteiger partial charge is 0.261 e. The SMILES string of the molecule is C[C@H]1CN([C@@H](C)CO)C(=O)c2cc(NC(=O)CCCCCC(=O)Nc3ccccc3N)ccc2O[C@H]1CN(C)S(=O)(=O)c1cn(C)cn1. The van der Waals surface area contributed by atoms with Gasteiger partial charge in [0, 0.05) is 51.3 Å². The molecule has 48 heavy (non-hydrogen) atoms. The maximum Gasteiger partial charge on any atom is 0.261 e. The molecule has 3 aromatic rings. The first-order valence-corrected chi connectivity index (χ1v) is 17.3. The lowest BCUT2D eigenvalue weighted by Crippen LogP contribution is -2.50. The van der Waals surface area contributed by atoms with Crippen LogP contribution in [0, 0.1) is 5.92 Å². The molecule has 0 saturated heterocycles. The summed E-state index contributed by atoms with van der Waals surface area (Å²) in [5.74, 6) is -0.835. The number of aliphatic hydroxyl groups is 1. The predicted molar refractivity (Wildman–Crippen MR) is 182 cm³/mol. The van der Waals surface area contributed by atoms with E-state index in [1.165, 1.54) is 29.9 Å². The highest BCUT2D eigenvalue weighted by Crippen LogP contribution is 2.31. The standard InChI is InChI=1S/C33H45N7O7S/c1-22-17-40(23(2)20-41)33(44)25-16-24(36-30(42)12-6-5-7-13-31(43)37-27-11-9-8-10-26(27)34)14-15-28(25)47-29(22)18-39(4)48(45,46)32-19-38(3)21-35-32/h8-11,14-16,19,21-23,29,41H,5-7,12-13,17-18,20,34H2,1-4H3,(H,36,42)(H,37,43)/t22-,23-,29-/m0/s1. The number of fused-ring (bicyclic) bond motifs is 1. The van der Waals surface area contributed by atoms with Crippen molar-refractivity contribution in [1.29, 1.82) is 0 Å². The summed E-state index contributed by atoms with van der Waals surface area (Å²) in [6.07, 6.45) is 4.54. The first-order valence-electron chi connectivity index (χ1n) is 15.9. The molecule has 1 aliphatic rings. The van der Waals surface area contributed by atoms with Crippen molar-refractivity contribution in [3.05, 3.63) is 60.6 Å². The Bertz CT molecular complexity index is 1710. The normalized spacial score (nSPS) is 17.2. The summed E-state index contributed by atoms with van der Waals surface area (Å²) in [6.45, 7) is 3.50. The largest absolute Gasteiger partial charge is 0.488 e. The average molecular weight is 684 g/mol. The van der Waals surface area contributed by atoms with Crippen LogP contribution in [0.2, 0.25) is 0 Å². The van der Waals surface area contributed by atoms with Gasteiger partial charge >= 0.3 is 0 Å². The zero-order chi connectivity index (χ0) is 35.0. The Morgan fingerprint density at radius 2 is 1.81 bits per heavy atom. The molecule has 0 unspecified atom stereocenters. The summed E-state index contributed by atoms with van der Waals surface area (Å²) in [5, 5.41) is 15.5. The third kappa shape index (κ3) is 9.11. The van der Waals surface area contributed by atoms with E-state index >= 15 is 0 Å². The van der Waals surface area contributed by atoms with Crippen molar-refractivity contribution in [2.75, 3.05) is 43.1 Å². The van der Waals surface area contributed by atoms with Crippen LogP contribution in [-0.2, 0) is 26.7 Å². The molecule has 3 amide bonds. The number of nitrogens with zero attached hydrogens (tertiary/aromatic N) is 4. The van der Waals surface area contributed by atoms with Crippen molar-refractivity contribution in [2.45, 2.75) is 63.1 Å². The number of imidazole rings is 1. The van der Waals surface area contributed by atoms with Crippen LogP contribution in [0.4, 0.5) is 17.1 Å². The molecule has 3 atom stereocenters. The fraction of sp³-hybridized carbons (Fsp3) is 0.455. The van der Waals surface area contributed by atoms with Crippen LogP contribution in [0.1, 0.15) is 56.3 Å². The minimum Gasteiger partial charge on any atom is -0.488 e. The third-order valence-corrected chi connectivity index (χ3v) is 9.99. The van der Waals surface area contributed by atoms with E-state index in [0.29, 0.717) is 42.7 Å². The highest BCUT2D eigenvalue weighted by atomic mass is 32.2. The monoisotopic (exact) mass is 683 g/mol. The molecule has 0 saturated carbocycles. The third-order valence-electron chi connectivity index (χ3n) is 8.28. The molecule has 1 aliphatic heterocycles.